The van der Waals surface area contributed by atoms with Crippen molar-refractivity contribution in [2.24, 2.45) is 0 Å². The molecule has 0 aliphatic heterocycles. The summed E-state index contributed by atoms with van der Waals surface area (Å²) in [4.78, 5) is 39.8. The number of ether oxygens (including phenoxy) is 1. The number of H-pyrrole nitrogens is 1. The van der Waals surface area contributed by atoms with Crippen molar-refractivity contribution in [2.45, 2.75) is 27.7 Å². The first-order chi connectivity index (χ1) is 10.8. The third-order valence-electron chi connectivity index (χ3n) is 3.80. The average Bonchev–Trinajstić information content (AvgIpc) is 2.81. The van der Waals surface area contributed by atoms with Crippen LogP contribution in [0.25, 0.3) is 0 Å². The molecule has 0 radical (unpaired) electrons. The van der Waals surface area contributed by atoms with Crippen molar-refractivity contribution in [3.05, 3.63) is 22.5 Å². The Morgan fingerprint density at radius 2 is 1.83 bits per heavy atom. The van der Waals surface area contributed by atoms with Gasteiger partial charge < -0.3 is 19.9 Å². The van der Waals surface area contributed by atoms with Crippen LogP contribution in [0.3, 0.4) is 0 Å². The van der Waals surface area contributed by atoms with Crippen molar-refractivity contribution < 1.29 is 24.0 Å². The third kappa shape index (κ3) is 4.66. The van der Waals surface area contributed by atoms with E-state index >= 15 is 0 Å². The fraction of sp³-hybridized carbons (Fsp3) is 0.562. The maximum absolute atomic E-state index is 12.5. The molecule has 1 aromatic heterocycles. The largest absolute Gasteiger partial charge is 0.465 e. The molecule has 0 spiro atoms. The van der Waals surface area contributed by atoms with Gasteiger partial charge in [-0.1, -0.05) is 0 Å². The van der Waals surface area contributed by atoms with Crippen LogP contribution < -0.4 is 10.2 Å². The number of Topliss-reactive ketones (excluding diaryl/α,β-unsaturated/α-hetero) is 1. The first-order valence-electron chi connectivity index (χ1n) is 7.76. The third-order valence-corrected chi connectivity index (χ3v) is 3.80. The molecule has 23 heavy (non-hydrogen) atoms. The molecule has 0 saturated heterocycles. The summed E-state index contributed by atoms with van der Waals surface area (Å²) in [5.74, 6) is -0.661. The summed E-state index contributed by atoms with van der Waals surface area (Å²) >= 11 is 0. The molecule has 1 heterocycles. The number of esters is 1. The summed E-state index contributed by atoms with van der Waals surface area (Å²) in [5.41, 5.74) is 2.01. The summed E-state index contributed by atoms with van der Waals surface area (Å²) in [6.07, 6.45) is 0. The van der Waals surface area contributed by atoms with Crippen molar-refractivity contribution >= 4 is 17.7 Å². The van der Waals surface area contributed by atoms with Gasteiger partial charge in [-0.25, -0.2) is 4.79 Å². The number of quaternary nitrogens is 1. The molecule has 0 aliphatic carbocycles. The predicted molar refractivity (Wildman–Crippen MR) is 85.9 cm³/mol. The molecule has 1 aromatic rings. The second-order valence-electron chi connectivity index (χ2n) is 5.45. The van der Waals surface area contributed by atoms with Crippen molar-refractivity contribution in [1.82, 2.24) is 10.3 Å². The van der Waals surface area contributed by atoms with Gasteiger partial charge in [0.25, 0.3) is 5.91 Å². The molecule has 3 N–H and O–H groups in total. The van der Waals surface area contributed by atoms with Gasteiger partial charge in [0.2, 0.25) is 5.78 Å². The molecular weight excluding hydrogens is 298 g/mol. The molecule has 0 aliphatic rings. The Morgan fingerprint density at radius 1 is 1.17 bits per heavy atom. The normalized spacial score (nSPS) is 11.9. The van der Waals surface area contributed by atoms with Crippen LogP contribution >= 0.6 is 0 Å². The standard InChI is InChI=1S/C16H25N3O4/c1-6-17-13(21)9-19(7-2)8-12(20)15-10(3)14(11(4)18-15)16(22)23-5/h18H,6-9H2,1-5H3,(H,17,21)/p+1. The van der Waals surface area contributed by atoms with E-state index in [1.54, 1.807) is 13.8 Å². The number of ketones is 1. The number of rotatable bonds is 8. The van der Waals surface area contributed by atoms with Crippen LogP contribution in [0.4, 0.5) is 0 Å². The van der Waals surface area contributed by atoms with Gasteiger partial charge in [0, 0.05) is 12.2 Å². The molecule has 7 nitrogen and oxygen atoms in total. The summed E-state index contributed by atoms with van der Waals surface area (Å²) in [7, 11) is 1.31. The Labute approximate surface area is 136 Å². The van der Waals surface area contributed by atoms with E-state index < -0.39 is 5.97 Å². The van der Waals surface area contributed by atoms with Crippen molar-refractivity contribution in [2.75, 3.05) is 33.3 Å². The smallest absolute Gasteiger partial charge is 0.339 e. The Balaban J connectivity index is 2.89. The quantitative estimate of drug-likeness (QED) is 0.450. The molecule has 1 unspecified atom stereocenters. The highest BCUT2D eigenvalue weighted by Crippen LogP contribution is 2.18. The van der Waals surface area contributed by atoms with Crippen LogP contribution in [0.15, 0.2) is 0 Å². The lowest BCUT2D eigenvalue weighted by atomic mass is 10.1. The number of aromatic amines is 1. The van der Waals surface area contributed by atoms with Gasteiger partial charge in [0.05, 0.1) is 24.9 Å². The van der Waals surface area contributed by atoms with E-state index in [1.807, 2.05) is 13.8 Å². The van der Waals surface area contributed by atoms with Crippen LogP contribution in [0.2, 0.25) is 0 Å². The lowest BCUT2D eigenvalue weighted by Gasteiger charge is -2.16. The number of amides is 1. The molecule has 0 fully saturated rings. The summed E-state index contributed by atoms with van der Waals surface area (Å²) in [5, 5.41) is 2.73. The zero-order chi connectivity index (χ0) is 17.6. The van der Waals surface area contributed by atoms with Crippen molar-refractivity contribution in [3.63, 3.8) is 0 Å². The maximum Gasteiger partial charge on any atom is 0.339 e. The topological polar surface area (TPSA) is 92.7 Å². The van der Waals surface area contributed by atoms with E-state index in [9.17, 15) is 14.4 Å². The Morgan fingerprint density at radius 3 is 2.35 bits per heavy atom. The molecule has 1 atom stereocenters. The number of carbonyl (C=O) groups is 3. The van der Waals surface area contributed by atoms with Gasteiger partial charge >= 0.3 is 5.97 Å². The molecule has 128 valence electrons. The molecule has 1 amide bonds. The van der Waals surface area contributed by atoms with E-state index in [4.69, 9.17) is 4.74 Å². The monoisotopic (exact) mass is 324 g/mol. The highest BCUT2D eigenvalue weighted by molar-refractivity contribution is 6.02. The van der Waals surface area contributed by atoms with Crippen LogP contribution in [0.1, 0.15) is 46.0 Å². The Kier molecular flexibility index (Phi) is 6.96. The number of aryl methyl sites for hydroxylation is 1. The second-order valence-corrected chi connectivity index (χ2v) is 5.45. The van der Waals surface area contributed by atoms with Crippen molar-refractivity contribution in [3.8, 4) is 0 Å². The van der Waals surface area contributed by atoms with E-state index in [2.05, 4.69) is 10.3 Å². The number of hydrogen-bond donors (Lipinski definition) is 3. The minimum atomic E-state index is -0.461. The number of hydrogen-bond acceptors (Lipinski definition) is 4. The minimum absolute atomic E-state index is 0.0770. The Hall–Kier alpha value is -2.15. The SMILES string of the molecule is CCNC(=O)C[NH+](CC)CC(=O)c1[nH]c(C)c(C(=O)OC)c1C. The van der Waals surface area contributed by atoms with Gasteiger partial charge in [0.1, 0.15) is 6.54 Å². The zero-order valence-electron chi connectivity index (χ0n) is 14.5. The van der Waals surface area contributed by atoms with Gasteiger partial charge in [-0.05, 0) is 33.3 Å². The van der Waals surface area contributed by atoms with E-state index in [0.29, 0.717) is 35.6 Å². The number of likely N-dealkylation sites (N-methyl/N-ethyl adjacent to an activating group) is 2. The van der Waals surface area contributed by atoms with Crippen LogP contribution in [0.5, 0.6) is 0 Å². The average molecular weight is 324 g/mol. The second kappa shape index (κ2) is 8.47. The van der Waals surface area contributed by atoms with Crippen LogP contribution in [0, 0.1) is 13.8 Å². The number of methoxy groups -OCH3 is 1. The first-order valence-corrected chi connectivity index (χ1v) is 7.76. The lowest BCUT2D eigenvalue weighted by Crippen LogP contribution is -3.13. The fourth-order valence-electron chi connectivity index (χ4n) is 2.55. The Bertz CT molecular complexity index is 592. The minimum Gasteiger partial charge on any atom is -0.465 e. The highest BCUT2D eigenvalue weighted by Gasteiger charge is 2.25. The van der Waals surface area contributed by atoms with Crippen molar-refractivity contribution in [1.29, 1.82) is 0 Å². The highest BCUT2D eigenvalue weighted by atomic mass is 16.5. The van der Waals surface area contributed by atoms with Gasteiger partial charge in [-0.15, -0.1) is 0 Å². The van der Waals surface area contributed by atoms with Gasteiger partial charge in [-0.3, -0.25) is 9.59 Å². The molecule has 0 aromatic carbocycles. The number of carbonyl (C=O) groups excluding carboxylic acids is 3. The van der Waals surface area contributed by atoms with Crippen LogP contribution in [-0.2, 0) is 9.53 Å². The fourth-order valence-corrected chi connectivity index (χ4v) is 2.55. The molecule has 7 heteroatoms. The van der Waals surface area contributed by atoms with E-state index in [-0.39, 0.29) is 24.8 Å². The molecule has 1 rings (SSSR count). The van der Waals surface area contributed by atoms with Gasteiger partial charge in [-0.2, -0.15) is 0 Å². The van der Waals surface area contributed by atoms with E-state index in [0.717, 1.165) is 4.90 Å². The first kappa shape index (κ1) is 18.9. The predicted octanol–water partition coefficient (Wildman–Crippen LogP) is -0.358. The van der Waals surface area contributed by atoms with Crippen LogP contribution in [-0.4, -0.2) is 55.9 Å². The summed E-state index contributed by atoms with van der Waals surface area (Å²) in [6.45, 7) is 8.90. The maximum atomic E-state index is 12.5. The van der Waals surface area contributed by atoms with Gasteiger partial charge in [0.15, 0.2) is 6.54 Å². The summed E-state index contributed by atoms with van der Waals surface area (Å²) < 4.78 is 4.74. The van der Waals surface area contributed by atoms with E-state index in [1.165, 1.54) is 7.11 Å². The zero-order valence-corrected chi connectivity index (χ0v) is 14.5. The summed E-state index contributed by atoms with van der Waals surface area (Å²) in [6, 6.07) is 0. The molecular formula is C16H26N3O4+. The number of nitrogens with one attached hydrogen (secondary N) is 3. The molecule has 0 saturated carbocycles. The lowest BCUT2D eigenvalue weighted by molar-refractivity contribution is -0.881. The number of aromatic nitrogens is 1. The molecule has 0 bridgehead atoms.